The van der Waals surface area contributed by atoms with Crippen LogP contribution in [-0.2, 0) is 10.0 Å². The van der Waals surface area contributed by atoms with Crippen molar-refractivity contribution in [3.8, 4) is 6.07 Å². The Morgan fingerprint density at radius 3 is 2.74 bits per heavy atom. The highest BCUT2D eigenvalue weighted by molar-refractivity contribution is 7.92. The van der Waals surface area contributed by atoms with Gasteiger partial charge in [0.1, 0.15) is 16.8 Å². The van der Waals surface area contributed by atoms with Crippen LogP contribution < -0.4 is 4.72 Å². The van der Waals surface area contributed by atoms with Crippen molar-refractivity contribution in [1.29, 1.82) is 5.26 Å². The molecular weight excluding hydrogens is 271 g/mol. The first-order valence-electron chi connectivity index (χ1n) is 5.03. The average molecular weight is 278 g/mol. The third-order valence-corrected chi connectivity index (χ3v) is 3.51. The molecule has 8 heteroatoms. The zero-order valence-corrected chi connectivity index (χ0v) is 10.2. The van der Waals surface area contributed by atoms with E-state index in [9.17, 15) is 12.8 Å². The molecule has 0 aliphatic carbocycles. The summed E-state index contributed by atoms with van der Waals surface area (Å²) in [6, 6.07) is 7.98. The minimum Gasteiger partial charge on any atom is -0.263 e. The predicted octanol–water partition coefficient (Wildman–Crippen LogP) is 1.29. The van der Waals surface area contributed by atoms with E-state index in [4.69, 9.17) is 5.26 Å². The molecule has 19 heavy (non-hydrogen) atoms. The minimum atomic E-state index is -4.04. The van der Waals surface area contributed by atoms with Crippen LogP contribution in [0.15, 0.2) is 41.4 Å². The summed E-state index contributed by atoms with van der Waals surface area (Å²) in [5.74, 6) is -0.986. The molecule has 96 valence electrons. The quantitative estimate of drug-likeness (QED) is 0.853. The van der Waals surface area contributed by atoms with Gasteiger partial charge in [-0.2, -0.15) is 9.65 Å². The summed E-state index contributed by atoms with van der Waals surface area (Å²) in [5, 5.41) is 8.81. The third-order valence-electron chi connectivity index (χ3n) is 2.12. The van der Waals surface area contributed by atoms with Crippen molar-refractivity contribution in [3.05, 3.63) is 48.2 Å². The maximum absolute atomic E-state index is 12.9. The highest BCUT2D eigenvalue weighted by Gasteiger charge is 2.19. The molecule has 0 spiro atoms. The lowest BCUT2D eigenvalue weighted by Crippen LogP contribution is -2.16. The molecule has 0 radical (unpaired) electrons. The Bertz CT molecular complexity index is 755. The molecule has 0 amide bonds. The second-order valence-corrected chi connectivity index (χ2v) is 5.06. The highest BCUT2D eigenvalue weighted by Crippen LogP contribution is 2.16. The number of nitrogens with one attached hydrogen (secondary N) is 1. The molecule has 2 aromatic rings. The number of nitriles is 1. The van der Waals surface area contributed by atoms with Gasteiger partial charge in [-0.3, -0.25) is 4.72 Å². The Balaban J connectivity index is 2.41. The summed E-state index contributed by atoms with van der Waals surface area (Å²) in [5.41, 5.74) is -0.244. The summed E-state index contributed by atoms with van der Waals surface area (Å²) in [6.07, 6.45) is 1.30. The second kappa shape index (κ2) is 4.99. The van der Waals surface area contributed by atoms with E-state index in [0.717, 1.165) is 6.07 Å². The van der Waals surface area contributed by atoms with Crippen LogP contribution in [0, 0.1) is 17.3 Å². The zero-order valence-electron chi connectivity index (χ0n) is 9.41. The zero-order chi connectivity index (χ0) is 13.9. The number of anilines is 1. The van der Waals surface area contributed by atoms with Crippen LogP contribution in [0.3, 0.4) is 0 Å². The molecule has 0 saturated heterocycles. The summed E-state index contributed by atoms with van der Waals surface area (Å²) in [6.45, 7) is 0. The molecule has 2 heterocycles. The molecule has 0 aliphatic heterocycles. The van der Waals surface area contributed by atoms with E-state index in [1.165, 1.54) is 30.5 Å². The third kappa shape index (κ3) is 2.83. The van der Waals surface area contributed by atoms with Crippen molar-refractivity contribution >= 4 is 15.8 Å². The van der Waals surface area contributed by atoms with E-state index in [2.05, 4.69) is 14.7 Å². The molecule has 0 unspecified atom stereocenters. The maximum atomic E-state index is 12.9. The molecular formula is C11H7FN4O2S. The number of rotatable bonds is 3. The van der Waals surface area contributed by atoms with Crippen molar-refractivity contribution in [2.24, 2.45) is 0 Å². The number of nitrogens with zero attached hydrogens (tertiary/aromatic N) is 3. The van der Waals surface area contributed by atoms with Crippen LogP contribution in [0.1, 0.15) is 5.69 Å². The van der Waals surface area contributed by atoms with Gasteiger partial charge in [-0.1, -0.05) is 6.07 Å². The Morgan fingerprint density at radius 2 is 2.05 bits per heavy atom. The summed E-state index contributed by atoms with van der Waals surface area (Å²) >= 11 is 0. The van der Waals surface area contributed by atoms with Crippen molar-refractivity contribution < 1.29 is 12.8 Å². The largest absolute Gasteiger partial charge is 0.265 e. The highest BCUT2D eigenvalue weighted by atomic mass is 32.2. The van der Waals surface area contributed by atoms with Gasteiger partial charge in [-0.05, 0) is 24.3 Å². The average Bonchev–Trinajstić information content (AvgIpc) is 2.38. The second-order valence-electron chi connectivity index (χ2n) is 3.41. The van der Waals surface area contributed by atoms with Crippen LogP contribution in [-0.4, -0.2) is 18.4 Å². The number of halogens is 1. The van der Waals surface area contributed by atoms with Gasteiger partial charge in [0.05, 0.1) is 0 Å². The lowest BCUT2D eigenvalue weighted by atomic mass is 10.4. The van der Waals surface area contributed by atoms with E-state index in [1.807, 2.05) is 0 Å². The van der Waals surface area contributed by atoms with E-state index >= 15 is 0 Å². The topological polar surface area (TPSA) is 95.7 Å². The van der Waals surface area contributed by atoms with Crippen LogP contribution in [0.25, 0.3) is 0 Å². The first kappa shape index (κ1) is 12.9. The van der Waals surface area contributed by atoms with E-state index < -0.39 is 16.0 Å². The van der Waals surface area contributed by atoms with E-state index in [-0.39, 0.29) is 16.4 Å². The molecule has 6 nitrogen and oxygen atoms in total. The first-order chi connectivity index (χ1) is 9.03. The van der Waals surface area contributed by atoms with Crippen molar-refractivity contribution in [3.63, 3.8) is 0 Å². The summed E-state index contributed by atoms with van der Waals surface area (Å²) in [4.78, 5) is 6.74. The molecule has 1 N–H and O–H groups in total. The summed E-state index contributed by atoms with van der Waals surface area (Å²) < 4.78 is 39.0. The van der Waals surface area contributed by atoms with Gasteiger partial charge in [0.25, 0.3) is 10.0 Å². The molecule has 0 aliphatic rings. The maximum Gasteiger partial charge on any atom is 0.265 e. The molecule has 2 aromatic heterocycles. The van der Waals surface area contributed by atoms with Gasteiger partial charge < -0.3 is 0 Å². The van der Waals surface area contributed by atoms with E-state index in [1.54, 1.807) is 6.07 Å². The standard InChI is InChI=1S/C11H7FN4O2S/c12-10-4-1-5-11(15-10)16-19(17,18)9-3-2-6-14-8(9)7-13/h1-6H,(H,15,16). The normalized spacial score (nSPS) is 10.7. The van der Waals surface area contributed by atoms with Crippen LogP contribution >= 0.6 is 0 Å². The van der Waals surface area contributed by atoms with Gasteiger partial charge in [-0.25, -0.2) is 18.4 Å². The fourth-order valence-corrected chi connectivity index (χ4v) is 2.46. The Hall–Kier alpha value is -2.53. The minimum absolute atomic E-state index is 0.173. The van der Waals surface area contributed by atoms with Crippen LogP contribution in [0.2, 0.25) is 0 Å². The number of sulfonamides is 1. The van der Waals surface area contributed by atoms with Gasteiger partial charge in [0, 0.05) is 6.20 Å². The SMILES string of the molecule is N#Cc1ncccc1S(=O)(=O)Nc1cccc(F)n1. The Labute approximate surface area is 108 Å². The molecule has 0 fully saturated rings. The fourth-order valence-electron chi connectivity index (χ4n) is 1.35. The number of hydrogen-bond donors (Lipinski definition) is 1. The van der Waals surface area contributed by atoms with Crippen LogP contribution in [0.5, 0.6) is 0 Å². The summed E-state index contributed by atoms with van der Waals surface area (Å²) in [7, 11) is -4.04. The number of aromatic nitrogens is 2. The van der Waals surface area contributed by atoms with Gasteiger partial charge >= 0.3 is 0 Å². The fraction of sp³-hybridized carbons (Fsp3) is 0. The van der Waals surface area contributed by atoms with Crippen molar-refractivity contribution in [1.82, 2.24) is 9.97 Å². The molecule has 0 aromatic carbocycles. The Kier molecular flexibility index (Phi) is 3.39. The number of hydrogen-bond acceptors (Lipinski definition) is 5. The van der Waals surface area contributed by atoms with Crippen molar-refractivity contribution in [2.75, 3.05) is 4.72 Å². The van der Waals surface area contributed by atoms with Crippen LogP contribution in [0.4, 0.5) is 10.2 Å². The molecule has 0 atom stereocenters. The van der Waals surface area contributed by atoms with Gasteiger partial charge in [-0.15, -0.1) is 0 Å². The predicted molar refractivity (Wildman–Crippen MR) is 64.0 cm³/mol. The van der Waals surface area contributed by atoms with Crippen molar-refractivity contribution in [2.45, 2.75) is 4.90 Å². The Morgan fingerprint density at radius 1 is 1.26 bits per heavy atom. The van der Waals surface area contributed by atoms with E-state index in [0.29, 0.717) is 0 Å². The van der Waals surface area contributed by atoms with Gasteiger partial charge in [0.15, 0.2) is 5.69 Å². The first-order valence-corrected chi connectivity index (χ1v) is 6.52. The lowest BCUT2D eigenvalue weighted by Gasteiger charge is -2.07. The lowest BCUT2D eigenvalue weighted by molar-refractivity contribution is 0.584. The number of pyridine rings is 2. The monoisotopic (exact) mass is 278 g/mol. The molecule has 0 bridgehead atoms. The molecule has 0 saturated carbocycles. The molecule has 2 rings (SSSR count). The van der Waals surface area contributed by atoms with Gasteiger partial charge in [0.2, 0.25) is 5.95 Å². The smallest absolute Gasteiger partial charge is 0.263 e.